The molecule has 0 saturated carbocycles. The summed E-state index contributed by atoms with van der Waals surface area (Å²) in [7, 11) is 0. The lowest BCUT2D eigenvalue weighted by Crippen LogP contribution is -2.31. The SMILES string of the molecule is Clc1ccc(Br)c2c1CN(c1ccc3nnnn3n1)CC2. The molecule has 0 amide bonds. The summed E-state index contributed by atoms with van der Waals surface area (Å²) in [5.74, 6) is 0.844. The number of benzene rings is 1. The van der Waals surface area contributed by atoms with Crippen molar-refractivity contribution >= 4 is 39.0 Å². The molecule has 0 fully saturated rings. The maximum Gasteiger partial charge on any atom is 0.200 e. The Balaban J connectivity index is 1.73. The molecule has 0 atom stereocenters. The predicted molar refractivity (Wildman–Crippen MR) is 82.5 cm³/mol. The molecule has 2 aromatic heterocycles. The summed E-state index contributed by atoms with van der Waals surface area (Å²) in [4.78, 5) is 2.18. The maximum absolute atomic E-state index is 6.34. The van der Waals surface area contributed by atoms with E-state index in [1.165, 1.54) is 10.2 Å². The van der Waals surface area contributed by atoms with Crippen LogP contribution < -0.4 is 4.90 Å². The molecule has 0 aliphatic carbocycles. The van der Waals surface area contributed by atoms with Gasteiger partial charge in [0.1, 0.15) is 0 Å². The minimum Gasteiger partial charge on any atom is -0.350 e. The number of nitrogens with zero attached hydrogens (tertiary/aromatic N) is 6. The number of hydrogen-bond donors (Lipinski definition) is 0. The first-order valence-electron chi connectivity index (χ1n) is 6.48. The van der Waals surface area contributed by atoms with E-state index in [1.54, 1.807) is 0 Å². The predicted octanol–water partition coefficient (Wildman–Crippen LogP) is 2.50. The van der Waals surface area contributed by atoms with Crippen molar-refractivity contribution in [3.63, 3.8) is 0 Å². The number of tetrazole rings is 1. The molecule has 21 heavy (non-hydrogen) atoms. The van der Waals surface area contributed by atoms with Gasteiger partial charge in [0.15, 0.2) is 11.5 Å². The molecule has 4 rings (SSSR count). The zero-order valence-corrected chi connectivity index (χ0v) is 13.2. The Kier molecular flexibility index (Phi) is 3.04. The average molecular weight is 366 g/mol. The Morgan fingerprint density at radius 2 is 2.05 bits per heavy atom. The molecular weight excluding hydrogens is 356 g/mol. The molecule has 0 unspecified atom stereocenters. The van der Waals surface area contributed by atoms with Gasteiger partial charge in [0.25, 0.3) is 0 Å². The van der Waals surface area contributed by atoms with Crippen molar-refractivity contribution in [1.29, 1.82) is 0 Å². The summed E-state index contributed by atoms with van der Waals surface area (Å²) < 4.78 is 2.55. The highest BCUT2D eigenvalue weighted by atomic mass is 79.9. The van der Waals surface area contributed by atoms with Gasteiger partial charge in [-0.2, -0.15) is 0 Å². The van der Waals surface area contributed by atoms with E-state index in [9.17, 15) is 0 Å². The molecule has 0 spiro atoms. The van der Waals surface area contributed by atoms with Gasteiger partial charge in [-0.05, 0) is 52.2 Å². The summed E-state index contributed by atoms with van der Waals surface area (Å²) >= 11 is 9.94. The Morgan fingerprint density at radius 3 is 2.95 bits per heavy atom. The van der Waals surface area contributed by atoms with Crippen LogP contribution in [0.4, 0.5) is 5.82 Å². The van der Waals surface area contributed by atoms with E-state index in [0.29, 0.717) is 5.65 Å². The third-order valence-corrected chi connectivity index (χ3v) is 4.77. The average Bonchev–Trinajstić information content (AvgIpc) is 2.98. The summed E-state index contributed by atoms with van der Waals surface area (Å²) in [6.07, 6.45) is 0.922. The zero-order chi connectivity index (χ0) is 14.4. The van der Waals surface area contributed by atoms with Crippen LogP contribution >= 0.6 is 27.5 Å². The summed E-state index contributed by atoms with van der Waals surface area (Å²) in [5.41, 5.74) is 3.06. The lowest BCUT2D eigenvalue weighted by molar-refractivity contribution is 0.678. The molecule has 1 aliphatic heterocycles. The number of anilines is 1. The van der Waals surface area contributed by atoms with Crippen molar-refractivity contribution < 1.29 is 0 Å². The first kappa shape index (κ1) is 13.0. The van der Waals surface area contributed by atoms with Gasteiger partial charge in [0.05, 0.1) is 0 Å². The van der Waals surface area contributed by atoms with Gasteiger partial charge >= 0.3 is 0 Å². The van der Waals surface area contributed by atoms with Gasteiger partial charge < -0.3 is 4.90 Å². The second-order valence-electron chi connectivity index (χ2n) is 4.88. The van der Waals surface area contributed by atoms with Crippen LogP contribution in [0, 0.1) is 0 Å². The van der Waals surface area contributed by atoms with Gasteiger partial charge in [-0.15, -0.1) is 14.8 Å². The van der Waals surface area contributed by atoms with Crippen molar-refractivity contribution in [3.8, 4) is 0 Å². The zero-order valence-electron chi connectivity index (χ0n) is 10.9. The third kappa shape index (κ3) is 2.16. The molecule has 0 saturated heterocycles. The minimum atomic E-state index is 0.636. The molecular formula is C13H10BrClN6. The van der Waals surface area contributed by atoms with E-state index in [4.69, 9.17) is 11.6 Å². The van der Waals surface area contributed by atoms with E-state index in [0.717, 1.165) is 40.4 Å². The van der Waals surface area contributed by atoms with Crippen LogP contribution in [0.3, 0.4) is 0 Å². The Bertz CT molecular complexity index is 833. The maximum atomic E-state index is 6.34. The van der Waals surface area contributed by atoms with Crippen LogP contribution in [0.25, 0.3) is 5.65 Å². The molecule has 106 valence electrons. The topological polar surface area (TPSA) is 59.2 Å². The molecule has 6 nitrogen and oxygen atoms in total. The fourth-order valence-electron chi connectivity index (χ4n) is 2.60. The lowest BCUT2D eigenvalue weighted by Gasteiger charge is -2.30. The number of fused-ring (bicyclic) bond motifs is 2. The van der Waals surface area contributed by atoms with Gasteiger partial charge in [0, 0.05) is 22.6 Å². The van der Waals surface area contributed by atoms with E-state index in [1.807, 2.05) is 24.3 Å². The van der Waals surface area contributed by atoms with E-state index < -0.39 is 0 Å². The summed E-state index contributed by atoms with van der Waals surface area (Å²) in [6.45, 7) is 1.61. The molecule has 1 aliphatic rings. The van der Waals surface area contributed by atoms with Gasteiger partial charge in [-0.3, -0.25) is 0 Å². The van der Waals surface area contributed by atoms with Gasteiger partial charge in [-0.1, -0.05) is 27.5 Å². The van der Waals surface area contributed by atoms with Crippen LogP contribution in [0.1, 0.15) is 11.1 Å². The van der Waals surface area contributed by atoms with Crippen LogP contribution in [0.5, 0.6) is 0 Å². The second kappa shape index (κ2) is 4.92. The summed E-state index contributed by atoms with van der Waals surface area (Å²) in [5, 5.41) is 16.5. The number of hydrogen-bond acceptors (Lipinski definition) is 5. The van der Waals surface area contributed by atoms with E-state index in [2.05, 4.69) is 41.5 Å². The molecule has 0 radical (unpaired) electrons. The van der Waals surface area contributed by atoms with E-state index >= 15 is 0 Å². The summed E-state index contributed by atoms with van der Waals surface area (Å²) in [6, 6.07) is 7.72. The number of halogens is 2. The Labute approximate surface area is 133 Å². The first-order valence-corrected chi connectivity index (χ1v) is 7.65. The van der Waals surface area contributed by atoms with Crippen molar-refractivity contribution in [2.75, 3.05) is 11.4 Å². The highest BCUT2D eigenvalue weighted by molar-refractivity contribution is 9.10. The van der Waals surface area contributed by atoms with E-state index in [-0.39, 0.29) is 0 Å². The smallest absolute Gasteiger partial charge is 0.200 e. The standard InChI is InChI=1S/C13H10BrClN6/c14-10-1-2-11(15)9-7-20(6-5-8(9)10)13-4-3-12-16-18-19-21(12)17-13/h1-4H,5-7H2. The highest BCUT2D eigenvalue weighted by Crippen LogP contribution is 2.33. The second-order valence-corrected chi connectivity index (χ2v) is 6.14. The minimum absolute atomic E-state index is 0.636. The fraction of sp³-hybridized carbons (Fsp3) is 0.231. The Hall–Kier alpha value is -1.73. The quantitative estimate of drug-likeness (QED) is 0.663. The lowest BCUT2D eigenvalue weighted by atomic mass is 10.00. The Morgan fingerprint density at radius 1 is 1.14 bits per heavy atom. The van der Waals surface area contributed by atoms with Gasteiger partial charge in [-0.25, -0.2) is 0 Å². The van der Waals surface area contributed by atoms with Crippen LogP contribution in [0.15, 0.2) is 28.7 Å². The molecule has 8 heteroatoms. The van der Waals surface area contributed by atoms with Crippen molar-refractivity contribution in [1.82, 2.24) is 25.3 Å². The number of aromatic nitrogens is 5. The third-order valence-electron chi connectivity index (χ3n) is 3.68. The highest BCUT2D eigenvalue weighted by Gasteiger charge is 2.22. The van der Waals surface area contributed by atoms with Gasteiger partial charge in [0.2, 0.25) is 0 Å². The largest absolute Gasteiger partial charge is 0.350 e. The normalized spacial score (nSPS) is 14.5. The first-order chi connectivity index (χ1) is 10.2. The van der Waals surface area contributed by atoms with Crippen molar-refractivity contribution in [2.24, 2.45) is 0 Å². The monoisotopic (exact) mass is 364 g/mol. The molecule has 1 aromatic carbocycles. The van der Waals surface area contributed by atoms with Crippen LogP contribution in [-0.4, -0.2) is 31.8 Å². The fourth-order valence-corrected chi connectivity index (χ4v) is 3.40. The number of rotatable bonds is 1. The van der Waals surface area contributed by atoms with Crippen LogP contribution in [0.2, 0.25) is 5.02 Å². The molecule has 3 heterocycles. The molecule has 3 aromatic rings. The van der Waals surface area contributed by atoms with Crippen molar-refractivity contribution in [2.45, 2.75) is 13.0 Å². The van der Waals surface area contributed by atoms with Crippen LogP contribution in [-0.2, 0) is 13.0 Å². The molecule has 0 bridgehead atoms. The van der Waals surface area contributed by atoms with Crippen molar-refractivity contribution in [3.05, 3.63) is 44.9 Å². The molecule has 0 N–H and O–H groups in total.